The summed E-state index contributed by atoms with van der Waals surface area (Å²) in [6.07, 6.45) is 2.23. The molecule has 3 aromatic heterocycles. The fraction of sp³-hybridized carbons (Fsp3) is 0.310. The van der Waals surface area contributed by atoms with Crippen molar-refractivity contribution in [3.05, 3.63) is 77.6 Å². The van der Waals surface area contributed by atoms with Gasteiger partial charge in [0.2, 0.25) is 0 Å². The molecule has 0 bridgehead atoms. The predicted octanol–water partition coefficient (Wildman–Crippen LogP) is 5.19. The van der Waals surface area contributed by atoms with Gasteiger partial charge in [0, 0.05) is 50.2 Å². The van der Waals surface area contributed by atoms with Gasteiger partial charge in [-0.1, -0.05) is 35.5 Å². The minimum absolute atomic E-state index is 0.242. The summed E-state index contributed by atoms with van der Waals surface area (Å²) in [5, 5.41) is 9.31. The summed E-state index contributed by atoms with van der Waals surface area (Å²) in [5.74, 6) is -0.458. The number of rotatable bonds is 5. The summed E-state index contributed by atoms with van der Waals surface area (Å²) in [6, 6.07) is 16.3. The van der Waals surface area contributed by atoms with Gasteiger partial charge in [0.1, 0.15) is 5.67 Å². The Balaban J connectivity index is 1.78. The molecule has 0 saturated carbocycles. The van der Waals surface area contributed by atoms with Crippen LogP contribution in [-0.2, 0) is 16.5 Å². The highest BCUT2D eigenvalue weighted by Crippen LogP contribution is 2.46. The average molecular weight is 514 g/mol. The van der Waals surface area contributed by atoms with Crippen LogP contribution in [0.2, 0.25) is 0 Å². The van der Waals surface area contributed by atoms with Gasteiger partial charge in [0.05, 0.1) is 46.7 Å². The number of alkyl halides is 1. The second kappa shape index (κ2) is 9.33. The van der Waals surface area contributed by atoms with E-state index in [1.807, 2.05) is 61.0 Å². The minimum atomic E-state index is -1.60. The molecule has 2 aromatic carbocycles. The Hall–Kier alpha value is -4.11. The van der Waals surface area contributed by atoms with Crippen LogP contribution in [-0.4, -0.2) is 56.5 Å². The first kappa shape index (κ1) is 24.2. The number of ether oxygens (including phenoxy) is 2. The Morgan fingerprint density at radius 2 is 1.89 bits per heavy atom. The fourth-order valence-electron chi connectivity index (χ4n) is 5.78. The standard InChI is InChI=1S/C29H28FN5O3/c1-18-25(34(2)33-32-18)22-11-14-31-24-21-10-9-20(28(36)37-3)17-23(21)35(26(22)24)27(19-7-5-4-6-8-19)29(30)12-15-38-16-13-29/h4-11,14,17,27H,12-13,15-16H2,1-3H3. The first-order valence-electron chi connectivity index (χ1n) is 12.6. The molecule has 1 aliphatic rings. The van der Waals surface area contributed by atoms with E-state index >= 15 is 4.39 Å². The maximum absolute atomic E-state index is 17.3. The molecule has 0 amide bonds. The number of aromatic nitrogens is 5. The first-order chi connectivity index (χ1) is 18.4. The van der Waals surface area contributed by atoms with Gasteiger partial charge in [-0.2, -0.15) is 0 Å². The summed E-state index contributed by atoms with van der Waals surface area (Å²) >= 11 is 0. The predicted molar refractivity (Wildman–Crippen MR) is 142 cm³/mol. The molecule has 0 radical (unpaired) electrons. The van der Waals surface area contributed by atoms with Crippen molar-refractivity contribution < 1.29 is 18.7 Å². The SMILES string of the molecule is COC(=O)c1ccc2c3nccc(-c4c(C)nnn4C)c3n(C(c3ccccc3)C3(F)CCOCC3)c2c1. The van der Waals surface area contributed by atoms with Crippen LogP contribution in [0.1, 0.15) is 40.5 Å². The van der Waals surface area contributed by atoms with Gasteiger partial charge in [0.15, 0.2) is 0 Å². The van der Waals surface area contributed by atoms with E-state index < -0.39 is 17.7 Å². The zero-order valence-corrected chi connectivity index (χ0v) is 21.5. The Morgan fingerprint density at radius 1 is 1.13 bits per heavy atom. The monoisotopic (exact) mass is 513 g/mol. The smallest absolute Gasteiger partial charge is 0.337 e. The van der Waals surface area contributed by atoms with Crippen molar-refractivity contribution in [1.29, 1.82) is 0 Å². The lowest BCUT2D eigenvalue weighted by molar-refractivity contribution is -0.0283. The second-order valence-electron chi connectivity index (χ2n) is 9.76. The van der Waals surface area contributed by atoms with Crippen molar-refractivity contribution in [1.82, 2.24) is 24.5 Å². The van der Waals surface area contributed by atoms with Crippen molar-refractivity contribution >= 4 is 27.9 Å². The third kappa shape index (κ3) is 3.77. The third-order valence-corrected chi connectivity index (χ3v) is 7.54. The normalized spacial score (nSPS) is 16.1. The fourth-order valence-corrected chi connectivity index (χ4v) is 5.78. The molecule has 5 aromatic rings. The van der Waals surface area contributed by atoms with Gasteiger partial charge in [-0.25, -0.2) is 13.9 Å². The Kier molecular flexibility index (Phi) is 5.95. The number of aryl methyl sites for hydroxylation is 2. The highest BCUT2D eigenvalue weighted by Gasteiger charge is 2.44. The topological polar surface area (TPSA) is 84.1 Å². The number of halogens is 1. The zero-order valence-electron chi connectivity index (χ0n) is 21.5. The van der Waals surface area contributed by atoms with Crippen LogP contribution in [0.15, 0.2) is 60.8 Å². The van der Waals surface area contributed by atoms with Crippen molar-refractivity contribution in [2.45, 2.75) is 31.5 Å². The summed E-state index contributed by atoms with van der Waals surface area (Å²) in [6.45, 7) is 2.57. The molecule has 6 rings (SSSR count). The molecule has 4 heterocycles. The van der Waals surface area contributed by atoms with Crippen LogP contribution >= 0.6 is 0 Å². The second-order valence-corrected chi connectivity index (χ2v) is 9.76. The van der Waals surface area contributed by atoms with Crippen LogP contribution in [0.3, 0.4) is 0 Å². The van der Waals surface area contributed by atoms with E-state index in [0.29, 0.717) is 29.8 Å². The molecule has 1 atom stereocenters. The molecule has 1 unspecified atom stereocenters. The molecule has 8 nitrogen and oxygen atoms in total. The Morgan fingerprint density at radius 3 is 2.58 bits per heavy atom. The molecule has 0 aliphatic carbocycles. The number of fused-ring (bicyclic) bond motifs is 3. The van der Waals surface area contributed by atoms with Crippen LogP contribution in [0.4, 0.5) is 4.39 Å². The minimum Gasteiger partial charge on any atom is -0.465 e. The number of hydrogen-bond acceptors (Lipinski definition) is 6. The molecule has 1 aliphatic heterocycles. The quantitative estimate of drug-likeness (QED) is 0.301. The third-order valence-electron chi connectivity index (χ3n) is 7.54. The van der Waals surface area contributed by atoms with Crippen LogP contribution in [0.5, 0.6) is 0 Å². The Bertz CT molecular complexity index is 1630. The molecule has 1 saturated heterocycles. The van der Waals surface area contributed by atoms with Crippen molar-refractivity contribution in [2.75, 3.05) is 20.3 Å². The lowest BCUT2D eigenvalue weighted by Gasteiger charge is -2.39. The number of carbonyl (C=O) groups is 1. The molecule has 9 heteroatoms. The molecule has 38 heavy (non-hydrogen) atoms. The Labute approximate surface area is 219 Å². The highest BCUT2D eigenvalue weighted by atomic mass is 19.1. The molecular weight excluding hydrogens is 485 g/mol. The largest absolute Gasteiger partial charge is 0.465 e. The van der Waals surface area contributed by atoms with Gasteiger partial charge < -0.3 is 14.0 Å². The van der Waals surface area contributed by atoms with Gasteiger partial charge in [-0.15, -0.1) is 5.10 Å². The number of carbonyl (C=O) groups excluding carboxylic acids is 1. The highest BCUT2D eigenvalue weighted by molar-refractivity contribution is 6.12. The molecule has 194 valence electrons. The van der Waals surface area contributed by atoms with E-state index in [0.717, 1.165) is 33.4 Å². The van der Waals surface area contributed by atoms with E-state index in [2.05, 4.69) is 10.3 Å². The van der Waals surface area contributed by atoms with Crippen LogP contribution < -0.4 is 0 Å². The van der Waals surface area contributed by atoms with E-state index in [9.17, 15) is 4.79 Å². The van der Waals surface area contributed by atoms with Crippen molar-refractivity contribution in [3.63, 3.8) is 0 Å². The lowest BCUT2D eigenvalue weighted by Crippen LogP contribution is -2.41. The van der Waals surface area contributed by atoms with E-state index in [1.54, 1.807) is 23.0 Å². The zero-order chi connectivity index (χ0) is 26.4. The van der Waals surface area contributed by atoms with Crippen LogP contribution in [0.25, 0.3) is 33.2 Å². The van der Waals surface area contributed by atoms with Crippen LogP contribution in [0, 0.1) is 6.92 Å². The summed E-state index contributed by atoms with van der Waals surface area (Å²) in [4.78, 5) is 17.3. The first-order valence-corrected chi connectivity index (χ1v) is 12.6. The van der Waals surface area contributed by atoms with Crippen molar-refractivity contribution in [2.24, 2.45) is 7.05 Å². The number of nitrogens with zero attached hydrogens (tertiary/aromatic N) is 5. The number of benzene rings is 2. The van der Waals surface area contributed by atoms with E-state index in [4.69, 9.17) is 14.5 Å². The van der Waals surface area contributed by atoms with Crippen molar-refractivity contribution in [3.8, 4) is 11.3 Å². The average Bonchev–Trinajstić information content (AvgIpc) is 3.45. The lowest BCUT2D eigenvalue weighted by atomic mass is 9.83. The summed E-state index contributed by atoms with van der Waals surface area (Å²) < 4.78 is 31.6. The van der Waals surface area contributed by atoms with E-state index in [1.165, 1.54) is 7.11 Å². The van der Waals surface area contributed by atoms with Gasteiger partial charge in [0.25, 0.3) is 0 Å². The number of hydrogen-bond donors (Lipinski definition) is 0. The summed E-state index contributed by atoms with van der Waals surface area (Å²) in [5.41, 5.74) is 4.20. The van der Waals surface area contributed by atoms with E-state index in [-0.39, 0.29) is 12.8 Å². The van der Waals surface area contributed by atoms with Gasteiger partial charge >= 0.3 is 5.97 Å². The number of esters is 1. The molecule has 1 fully saturated rings. The molecular formula is C29H28FN5O3. The van der Waals surface area contributed by atoms with Gasteiger partial charge in [-0.05, 0) is 36.8 Å². The molecule has 0 spiro atoms. The number of pyridine rings is 1. The number of methoxy groups -OCH3 is 1. The molecule has 0 N–H and O–H groups in total. The maximum atomic E-state index is 17.3. The summed E-state index contributed by atoms with van der Waals surface area (Å²) in [7, 11) is 3.19. The van der Waals surface area contributed by atoms with Gasteiger partial charge in [-0.3, -0.25) is 4.98 Å². The maximum Gasteiger partial charge on any atom is 0.337 e.